The normalized spacial score (nSPS) is 12.4. The van der Waals surface area contributed by atoms with E-state index in [1.807, 2.05) is 19.9 Å². The second kappa shape index (κ2) is 6.22. The van der Waals surface area contributed by atoms with E-state index in [4.69, 9.17) is 4.74 Å². The molecule has 110 valence electrons. The molecule has 1 aliphatic heterocycles. The maximum atomic E-state index is 9.70. The molecule has 0 saturated carbocycles. The van der Waals surface area contributed by atoms with E-state index in [0.29, 0.717) is 17.9 Å². The lowest BCUT2D eigenvalue weighted by atomic mass is 10.0. The van der Waals surface area contributed by atoms with Gasteiger partial charge in [0.15, 0.2) is 11.5 Å². The standard InChI is InChI=1S/C15H12O4.C2H6/c16-12-4-1-9(2-5-12)11-7-10-3-6-13(17)14(18)15(10)19-8-11;1-2/h1-7,16-18H,8H2;1-2H3. The molecule has 2 aromatic carbocycles. The van der Waals surface area contributed by atoms with Crippen LogP contribution in [0.4, 0.5) is 0 Å². The highest BCUT2D eigenvalue weighted by Gasteiger charge is 2.18. The van der Waals surface area contributed by atoms with E-state index in [2.05, 4.69) is 0 Å². The fraction of sp³-hybridized carbons (Fsp3) is 0.176. The molecule has 1 aliphatic rings. The van der Waals surface area contributed by atoms with Crippen molar-refractivity contribution in [2.24, 2.45) is 0 Å². The van der Waals surface area contributed by atoms with Gasteiger partial charge in [0.05, 0.1) is 0 Å². The second-order valence-corrected chi connectivity index (χ2v) is 4.36. The van der Waals surface area contributed by atoms with Crippen LogP contribution in [0.1, 0.15) is 25.0 Å². The predicted octanol–water partition coefficient (Wildman–Crippen LogP) is 3.76. The smallest absolute Gasteiger partial charge is 0.201 e. The first-order chi connectivity index (χ1) is 10.1. The van der Waals surface area contributed by atoms with Gasteiger partial charge in [-0.3, -0.25) is 0 Å². The van der Waals surface area contributed by atoms with Crippen LogP contribution in [0.15, 0.2) is 36.4 Å². The van der Waals surface area contributed by atoms with Crippen LogP contribution in [0.5, 0.6) is 23.0 Å². The predicted molar refractivity (Wildman–Crippen MR) is 82.6 cm³/mol. The van der Waals surface area contributed by atoms with Gasteiger partial charge in [0.1, 0.15) is 12.4 Å². The molecule has 21 heavy (non-hydrogen) atoms. The summed E-state index contributed by atoms with van der Waals surface area (Å²) in [4.78, 5) is 0. The lowest BCUT2D eigenvalue weighted by Crippen LogP contribution is -2.06. The molecular formula is C17H18O4. The van der Waals surface area contributed by atoms with Crippen molar-refractivity contribution >= 4 is 11.6 Å². The number of aromatic hydroxyl groups is 3. The van der Waals surface area contributed by atoms with Crippen LogP contribution >= 0.6 is 0 Å². The summed E-state index contributed by atoms with van der Waals surface area (Å²) in [5.74, 6) is 0.0744. The lowest BCUT2D eigenvalue weighted by molar-refractivity contribution is 0.325. The minimum Gasteiger partial charge on any atom is -0.508 e. The maximum Gasteiger partial charge on any atom is 0.201 e. The first kappa shape index (κ1) is 14.8. The Morgan fingerprint density at radius 3 is 2.24 bits per heavy atom. The summed E-state index contributed by atoms with van der Waals surface area (Å²) in [6.45, 7) is 4.30. The zero-order valence-electron chi connectivity index (χ0n) is 12.0. The number of phenolic OH excluding ortho intramolecular Hbond substituents is 3. The van der Waals surface area contributed by atoms with E-state index < -0.39 is 0 Å². The van der Waals surface area contributed by atoms with Gasteiger partial charge < -0.3 is 20.1 Å². The maximum absolute atomic E-state index is 9.70. The molecular weight excluding hydrogens is 268 g/mol. The topological polar surface area (TPSA) is 69.9 Å². The van der Waals surface area contributed by atoms with Crippen molar-refractivity contribution in [1.29, 1.82) is 0 Å². The molecule has 0 unspecified atom stereocenters. The second-order valence-electron chi connectivity index (χ2n) is 4.36. The molecule has 1 heterocycles. The van der Waals surface area contributed by atoms with E-state index in [-0.39, 0.29) is 17.2 Å². The van der Waals surface area contributed by atoms with Crippen molar-refractivity contribution < 1.29 is 20.1 Å². The number of phenols is 3. The molecule has 4 heteroatoms. The number of benzene rings is 2. The lowest BCUT2D eigenvalue weighted by Gasteiger charge is -2.19. The Bertz CT molecular complexity index is 657. The summed E-state index contributed by atoms with van der Waals surface area (Å²) < 4.78 is 5.49. The number of rotatable bonds is 1. The summed E-state index contributed by atoms with van der Waals surface area (Å²) in [6, 6.07) is 9.93. The SMILES string of the molecule is CC.Oc1ccc(C2=Cc3ccc(O)c(O)c3OC2)cc1. The van der Waals surface area contributed by atoms with Crippen LogP contribution < -0.4 is 4.74 Å². The Balaban J connectivity index is 0.000000774. The van der Waals surface area contributed by atoms with Crippen molar-refractivity contribution in [3.63, 3.8) is 0 Å². The molecule has 0 atom stereocenters. The van der Waals surface area contributed by atoms with Crippen molar-refractivity contribution in [3.8, 4) is 23.0 Å². The van der Waals surface area contributed by atoms with Crippen LogP contribution in [-0.4, -0.2) is 21.9 Å². The fourth-order valence-electron chi connectivity index (χ4n) is 2.06. The Morgan fingerprint density at radius 1 is 0.905 bits per heavy atom. The van der Waals surface area contributed by atoms with E-state index in [9.17, 15) is 15.3 Å². The Hall–Kier alpha value is -2.62. The third-order valence-electron chi connectivity index (χ3n) is 3.08. The molecule has 4 nitrogen and oxygen atoms in total. The zero-order chi connectivity index (χ0) is 15.4. The first-order valence-corrected chi connectivity index (χ1v) is 6.83. The Kier molecular flexibility index (Phi) is 4.38. The average molecular weight is 286 g/mol. The summed E-state index contributed by atoms with van der Waals surface area (Å²) in [7, 11) is 0. The highest BCUT2D eigenvalue weighted by atomic mass is 16.5. The van der Waals surface area contributed by atoms with E-state index in [1.165, 1.54) is 6.07 Å². The summed E-state index contributed by atoms with van der Waals surface area (Å²) in [6.07, 6.45) is 1.89. The number of hydrogen-bond donors (Lipinski definition) is 3. The molecule has 0 spiro atoms. The highest BCUT2D eigenvalue weighted by Crippen LogP contribution is 2.42. The molecule has 0 saturated heterocycles. The molecule has 3 N–H and O–H groups in total. The molecule has 0 amide bonds. The Labute approximate surface area is 123 Å². The third-order valence-corrected chi connectivity index (χ3v) is 3.08. The summed E-state index contributed by atoms with van der Waals surface area (Å²) >= 11 is 0. The van der Waals surface area contributed by atoms with E-state index in [0.717, 1.165) is 11.1 Å². The average Bonchev–Trinajstić information content (AvgIpc) is 2.53. The minimum absolute atomic E-state index is 0.194. The van der Waals surface area contributed by atoms with Crippen molar-refractivity contribution in [1.82, 2.24) is 0 Å². The molecule has 2 aromatic rings. The van der Waals surface area contributed by atoms with Gasteiger partial charge in [-0.05, 0) is 41.5 Å². The van der Waals surface area contributed by atoms with Gasteiger partial charge in [-0.25, -0.2) is 0 Å². The van der Waals surface area contributed by atoms with Gasteiger partial charge in [0.2, 0.25) is 5.75 Å². The van der Waals surface area contributed by atoms with E-state index in [1.54, 1.807) is 30.3 Å². The minimum atomic E-state index is -0.237. The summed E-state index contributed by atoms with van der Waals surface area (Å²) in [5.41, 5.74) is 2.60. The first-order valence-electron chi connectivity index (χ1n) is 6.83. The number of fused-ring (bicyclic) bond motifs is 1. The molecule has 0 fully saturated rings. The van der Waals surface area contributed by atoms with Gasteiger partial charge in [0, 0.05) is 5.56 Å². The van der Waals surface area contributed by atoms with Gasteiger partial charge in [0.25, 0.3) is 0 Å². The van der Waals surface area contributed by atoms with Gasteiger partial charge in [-0.1, -0.05) is 26.0 Å². The largest absolute Gasteiger partial charge is 0.508 e. The fourth-order valence-corrected chi connectivity index (χ4v) is 2.06. The third kappa shape index (κ3) is 2.94. The van der Waals surface area contributed by atoms with Gasteiger partial charge in [-0.15, -0.1) is 0 Å². The van der Waals surface area contributed by atoms with Crippen molar-refractivity contribution in [2.45, 2.75) is 13.8 Å². The molecule has 3 rings (SSSR count). The number of hydrogen-bond acceptors (Lipinski definition) is 4. The van der Waals surface area contributed by atoms with Crippen molar-refractivity contribution in [2.75, 3.05) is 6.61 Å². The molecule has 0 radical (unpaired) electrons. The van der Waals surface area contributed by atoms with Crippen LogP contribution in [0.3, 0.4) is 0 Å². The molecule has 0 aromatic heterocycles. The monoisotopic (exact) mass is 286 g/mol. The van der Waals surface area contributed by atoms with Crippen LogP contribution in [-0.2, 0) is 0 Å². The molecule has 0 bridgehead atoms. The molecule has 0 aliphatic carbocycles. The highest BCUT2D eigenvalue weighted by molar-refractivity contribution is 5.87. The zero-order valence-corrected chi connectivity index (χ0v) is 12.0. The quantitative estimate of drug-likeness (QED) is 0.698. The van der Waals surface area contributed by atoms with Gasteiger partial charge >= 0.3 is 0 Å². The summed E-state index contributed by atoms with van der Waals surface area (Å²) in [5, 5.41) is 28.4. The van der Waals surface area contributed by atoms with Crippen LogP contribution in [0, 0.1) is 0 Å². The Morgan fingerprint density at radius 2 is 1.57 bits per heavy atom. The van der Waals surface area contributed by atoms with E-state index >= 15 is 0 Å². The van der Waals surface area contributed by atoms with Crippen LogP contribution in [0.25, 0.3) is 11.6 Å². The van der Waals surface area contributed by atoms with Gasteiger partial charge in [-0.2, -0.15) is 0 Å². The van der Waals surface area contributed by atoms with Crippen LogP contribution in [0.2, 0.25) is 0 Å². The van der Waals surface area contributed by atoms with Crippen molar-refractivity contribution in [3.05, 3.63) is 47.5 Å². The number of ether oxygens (including phenoxy) is 1.